The molecule has 0 fully saturated rings. The lowest BCUT2D eigenvalue weighted by Crippen LogP contribution is -2.49. The first-order chi connectivity index (χ1) is 16.7. The van der Waals surface area contributed by atoms with Crippen molar-refractivity contribution in [3.05, 3.63) is 101 Å². The Labute approximate surface area is 200 Å². The summed E-state index contributed by atoms with van der Waals surface area (Å²) in [5.74, 6) is 6.38. The van der Waals surface area contributed by atoms with E-state index in [4.69, 9.17) is 11.2 Å². The molecular formula is C30H23N3O. The van der Waals surface area contributed by atoms with Crippen molar-refractivity contribution in [2.75, 3.05) is 4.90 Å². The monoisotopic (exact) mass is 441 g/mol. The molecule has 0 N–H and O–H groups in total. The maximum atomic E-state index is 9.50. The molecule has 0 radical (unpaired) electrons. The van der Waals surface area contributed by atoms with E-state index in [2.05, 4.69) is 59.0 Å². The molecule has 2 aliphatic heterocycles. The van der Waals surface area contributed by atoms with Crippen LogP contribution >= 0.6 is 0 Å². The van der Waals surface area contributed by atoms with Crippen LogP contribution in [0, 0.1) is 23.7 Å². The molecule has 0 saturated heterocycles. The Morgan fingerprint density at radius 2 is 2.06 bits per heavy atom. The third-order valence-corrected chi connectivity index (χ3v) is 6.31. The molecule has 2 aromatic rings. The molecule has 1 aliphatic carbocycles. The lowest BCUT2D eigenvalue weighted by Gasteiger charge is -2.44. The minimum atomic E-state index is 0.00321. The van der Waals surface area contributed by atoms with E-state index in [1.54, 1.807) is 12.2 Å². The summed E-state index contributed by atoms with van der Waals surface area (Å²) in [5, 5.41) is 9.50. The van der Waals surface area contributed by atoms with Crippen molar-refractivity contribution >= 4 is 22.7 Å². The van der Waals surface area contributed by atoms with Gasteiger partial charge in [0.1, 0.15) is 17.9 Å². The summed E-state index contributed by atoms with van der Waals surface area (Å²) >= 11 is 0. The SMILES string of the molecule is C#C/C=C(\C=C(/C)N1c2ccccc2OC2C=CCCC21)c1ccccc1C1=C(C#N)N=C=C1. The number of allylic oxidation sites excluding steroid dienone is 8. The van der Waals surface area contributed by atoms with E-state index in [-0.39, 0.29) is 12.1 Å². The third-order valence-electron chi connectivity index (χ3n) is 6.31. The van der Waals surface area contributed by atoms with Crippen molar-refractivity contribution in [1.29, 1.82) is 5.26 Å². The number of nitriles is 1. The smallest absolute Gasteiger partial charge is 0.158 e. The molecule has 34 heavy (non-hydrogen) atoms. The normalized spacial score (nSPS) is 21.0. The molecule has 3 aliphatic rings. The van der Waals surface area contributed by atoms with Crippen LogP contribution in [0.1, 0.15) is 30.9 Å². The topological polar surface area (TPSA) is 48.6 Å². The van der Waals surface area contributed by atoms with E-state index in [9.17, 15) is 5.26 Å². The standard InChI is InChI=1S/C30H23N3O/c1-3-10-22(23-11-4-5-12-24(23)25-17-18-32-26(25)20-31)19-21(2)33-27-13-6-8-15-29(27)34-30-16-9-7-14-28(30)33/h1,4-6,8-13,15-17,19,28,30H,7,14H2,2H3/b21-19+,22-10+. The van der Waals surface area contributed by atoms with Crippen LogP contribution in [0.15, 0.2) is 95.3 Å². The molecule has 0 aromatic heterocycles. The second-order valence-corrected chi connectivity index (χ2v) is 8.35. The fourth-order valence-electron chi connectivity index (χ4n) is 4.85. The van der Waals surface area contributed by atoms with E-state index in [1.165, 1.54) is 0 Å². The minimum Gasteiger partial charge on any atom is -0.482 e. The number of aliphatic imine (C=N–C) groups is 1. The van der Waals surface area contributed by atoms with Crippen LogP contribution in [-0.2, 0) is 0 Å². The molecule has 2 atom stereocenters. The Morgan fingerprint density at radius 3 is 2.91 bits per heavy atom. The zero-order valence-corrected chi connectivity index (χ0v) is 18.9. The molecule has 4 heteroatoms. The van der Waals surface area contributed by atoms with Crippen molar-refractivity contribution < 1.29 is 4.74 Å². The number of rotatable bonds is 4. The molecule has 5 rings (SSSR count). The number of hydrogen-bond acceptors (Lipinski definition) is 4. The summed E-state index contributed by atoms with van der Waals surface area (Å²) < 4.78 is 6.30. The summed E-state index contributed by atoms with van der Waals surface area (Å²) in [6.45, 7) is 2.11. The Bertz CT molecular complexity index is 1420. The van der Waals surface area contributed by atoms with Crippen LogP contribution in [0.5, 0.6) is 5.75 Å². The Kier molecular flexibility index (Phi) is 5.75. The van der Waals surface area contributed by atoms with E-state index >= 15 is 0 Å². The molecule has 2 unspecified atom stereocenters. The lowest BCUT2D eigenvalue weighted by atomic mass is 9.91. The van der Waals surface area contributed by atoms with Crippen molar-refractivity contribution in [3.63, 3.8) is 0 Å². The number of fused-ring (bicyclic) bond motifs is 2. The first-order valence-corrected chi connectivity index (χ1v) is 11.3. The largest absolute Gasteiger partial charge is 0.482 e. The van der Waals surface area contributed by atoms with Gasteiger partial charge in [-0.05, 0) is 72.7 Å². The van der Waals surface area contributed by atoms with Gasteiger partial charge in [-0.1, -0.05) is 48.4 Å². The van der Waals surface area contributed by atoms with Crippen molar-refractivity contribution in [2.45, 2.75) is 31.9 Å². The molecule has 0 bridgehead atoms. The number of ether oxygens (including phenoxy) is 1. The van der Waals surface area contributed by atoms with Crippen LogP contribution in [0.25, 0.3) is 11.1 Å². The number of nitrogens with zero attached hydrogens (tertiary/aromatic N) is 3. The summed E-state index contributed by atoms with van der Waals surface area (Å²) in [4.78, 5) is 6.45. The van der Waals surface area contributed by atoms with Gasteiger partial charge >= 0.3 is 0 Å². The fraction of sp³-hybridized carbons (Fsp3) is 0.167. The first-order valence-electron chi connectivity index (χ1n) is 11.3. The van der Waals surface area contributed by atoms with Crippen molar-refractivity contribution in [3.8, 4) is 24.2 Å². The Balaban J connectivity index is 1.61. The van der Waals surface area contributed by atoms with Gasteiger partial charge in [0, 0.05) is 17.3 Å². The van der Waals surface area contributed by atoms with Crippen LogP contribution in [0.4, 0.5) is 5.69 Å². The van der Waals surface area contributed by atoms with Gasteiger partial charge < -0.3 is 9.64 Å². The highest BCUT2D eigenvalue weighted by Gasteiger charge is 2.36. The van der Waals surface area contributed by atoms with E-state index < -0.39 is 0 Å². The highest BCUT2D eigenvalue weighted by Crippen LogP contribution is 2.42. The van der Waals surface area contributed by atoms with Gasteiger partial charge in [-0.25, -0.2) is 0 Å². The van der Waals surface area contributed by atoms with Gasteiger partial charge in [-0.3, -0.25) is 0 Å². The average molecular weight is 442 g/mol. The average Bonchev–Trinajstić information content (AvgIpc) is 3.35. The highest BCUT2D eigenvalue weighted by atomic mass is 16.5. The zero-order chi connectivity index (χ0) is 23.5. The van der Waals surface area contributed by atoms with E-state index in [1.807, 2.05) is 42.5 Å². The van der Waals surface area contributed by atoms with Gasteiger partial charge in [0.15, 0.2) is 5.70 Å². The molecule has 2 heterocycles. The minimum absolute atomic E-state index is 0.00321. The van der Waals surface area contributed by atoms with Crippen LogP contribution in [0.3, 0.4) is 0 Å². The van der Waals surface area contributed by atoms with Crippen molar-refractivity contribution in [2.24, 2.45) is 4.99 Å². The van der Waals surface area contributed by atoms with Gasteiger partial charge in [0.25, 0.3) is 0 Å². The molecule has 2 aromatic carbocycles. The molecule has 0 amide bonds. The maximum Gasteiger partial charge on any atom is 0.158 e. The first kappa shape index (κ1) is 21.4. The number of para-hydroxylation sites is 2. The van der Waals surface area contributed by atoms with E-state index in [0.29, 0.717) is 5.70 Å². The maximum absolute atomic E-state index is 9.50. The molecule has 164 valence electrons. The number of hydrogen-bond donors (Lipinski definition) is 0. The summed E-state index contributed by atoms with van der Waals surface area (Å²) in [6, 6.07) is 18.5. The van der Waals surface area contributed by atoms with Gasteiger partial charge in [0.2, 0.25) is 0 Å². The Morgan fingerprint density at radius 1 is 1.24 bits per heavy atom. The number of terminal acetylenes is 1. The summed E-state index contributed by atoms with van der Waals surface area (Å²) in [6.07, 6.45) is 17.8. The predicted octanol–water partition coefficient (Wildman–Crippen LogP) is 6.07. The van der Waals surface area contributed by atoms with E-state index in [0.717, 1.165) is 52.2 Å². The van der Waals surface area contributed by atoms with Crippen LogP contribution < -0.4 is 9.64 Å². The molecule has 0 saturated carbocycles. The molecule has 0 spiro atoms. The van der Waals surface area contributed by atoms with Crippen LogP contribution in [0.2, 0.25) is 0 Å². The Hall–Kier alpha value is -4.50. The fourth-order valence-corrected chi connectivity index (χ4v) is 4.85. The predicted molar refractivity (Wildman–Crippen MR) is 137 cm³/mol. The second-order valence-electron chi connectivity index (χ2n) is 8.35. The summed E-state index contributed by atoms with van der Waals surface area (Å²) in [7, 11) is 0. The van der Waals surface area contributed by atoms with Gasteiger partial charge in [-0.2, -0.15) is 10.3 Å². The zero-order valence-electron chi connectivity index (χ0n) is 18.9. The van der Waals surface area contributed by atoms with Gasteiger partial charge in [0.05, 0.1) is 11.7 Å². The summed E-state index contributed by atoms with van der Waals surface area (Å²) in [5.41, 5.74) is 5.98. The van der Waals surface area contributed by atoms with Gasteiger partial charge in [-0.15, -0.1) is 6.42 Å². The highest BCUT2D eigenvalue weighted by molar-refractivity contribution is 5.96. The third kappa shape index (κ3) is 3.78. The lowest BCUT2D eigenvalue weighted by molar-refractivity contribution is 0.187. The number of anilines is 1. The second kappa shape index (κ2) is 9.16. The van der Waals surface area contributed by atoms with Crippen molar-refractivity contribution in [1.82, 2.24) is 0 Å². The quantitative estimate of drug-likeness (QED) is 0.329. The number of benzene rings is 2. The van der Waals surface area contributed by atoms with Crippen LogP contribution in [-0.4, -0.2) is 18.0 Å². The molecule has 4 nitrogen and oxygen atoms in total. The molecular weight excluding hydrogens is 418 g/mol.